The van der Waals surface area contributed by atoms with E-state index in [1.807, 2.05) is 25.1 Å². The monoisotopic (exact) mass is 366 g/mol. The molecule has 0 fully saturated rings. The van der Waals surface area contributed by atoms with Gasteiger partial charge >= 0.3 is 0 Å². The third kappa shape index (κ3) is 5.95. The molecule has 0 saturated carbocycles. The van der Waals surface area contributed by atoms with Crippen LogP contribution in [0.5, 0.6) is 0 Å². The van der Waals surface area contributed by atoms with Gasteiger partial charge in [-0.1, -0.05) is 61.0 Å². The van der Waals surface area contributed by atoms with Gasteiger partial charge in [0.25, 0.3) is 0 Å². The van der Waals surface area contributed by atoms with Crippen molar-refractivity contribution in [1.29, 1.82) is 0 Å². The van der Waals surface area contributed by atoms with Crippen molar-refractivity contribution in [2.75, 3.05) is 7.05 Å². The van der Waals surface area contributed by atoms with Crippen molar-refractivity contribution in [1.82, 2.24) is 10.2 Å². The molecule has 0 aliphatic heterocycles. The summed E-state index contributed by atoms with van der Waals surface area (Å²) in [6, 6.07) is 15.9. The van der Waals surface area contributed by atoms with Gasteiger partial charge < -0.3 is 10.2 Å². The van der Waals surface area contributed by atoms with Gasteiger partial charge in [-0.05, 0) is 43.4 Å². The molecular weight excluding hydrogens is 336 g/mol. The molecule has 4 heteroatoms. The first-order chi connectivity index (χ1) is 12.9. The summed E-state index contributed by atoms with van der Waals surface area (Å²) in [6.07, 6.45) is 2.07. The summed E-state index contributed by atoms with van der Waals surface area (Å²) < 4.78 is 0. The number of rotatable bonds is 8. The van der Waals surface area contributed by atoms with E-state index in [1.54, 1.807) is 18.9 Å². The zero-order chi connectivity index (χ0) is 19.8. The van der Waals surface area contributed by atoms with Crippen LogP contribution in [-0.2, 0) is 29.0 Å². The second-order valence-corrected chi connectivity index (χ2v) is 6.97. The lowest BCUT2D eigenvalue weighted by Gasteiger charge is -2.28. The van der Waals surface area contributed by atoms with Crippen LogP contribution < -0.4 is 5.32 Å². The lowest BCUT2D eigenvalue weighted by molar-refractivity contribution is -0.140. The van der Waals surface area contributed by atoms with Crippen molar-refractivity contribution < 1.29 is 9.59 Å². The Bertz CT molecular complexity index is 768. The molecule has 1 atom stereocenters. The molecule has 0 aliphatic rings. The van der Waals surface area contributed by atoms with E-state index in [4.69, 9.17) is 0 Å². The molecule has 0 heterocycles. The van der Waals surface area contributed by atoms with E-state index in [1.165, 1.54) is 5.56 Å². The number of carbonyl (C=O) groups excluding carboxylic acids is 2. The second-order valence-electron chi connectivity index (χ2n) is 6.97. The predicted octanol–water partition coefficient (Wildman–Crippen LogP) is 3.65. The smallest absolute Gasteiger partial charge is 0.242 e. The van der Waals surface area contributed by atoms with Crippen LogP contribution in [-0.4, -0.2) is 29.8 Å². The highest BCUT2D eigenvalue weighted by molar-refractivity contribution is 5.87. The number of amides is 2. The van der Waals surface area contributed by atoms with Gasteiger partial charge in [-0.2, -0.15) is 0 Å². The summed E-state index contributed by atoms with van der Waals surface area (Å²) in [5.41, 5.74) is 4.61. The van der Waals surface area contributed by atoms with Gasteiger partial charge in [0.2, 0.25) is 11.8 Å². The van der Waals surface area contributed by atoms with E-state index in [9.17, 15) is 9.59 Å². The maximum atomic E-state index is 12.9. The number of carbonyl (C=O) groups is 2. The lowest BCUT2D eigenvalue weighted by Crippen LogP contribution is -2.46. The maximum Gasteiger partial charge on any atom is 0.242 e. The summed E-state index contributed by atoms with van der Waals surface area (Å²) in [4.78, 5) is 26.8. The van der Waals surface area contributed by atoms with Crippen molar-refractivity contribution in [2.24, 2.45) is 0 Å². The average Bonchev–Trinajstić information content (AvgIpc) is 2.69. The van der Waals surface area contributed by atoms with Gasteiger partial charge in [-0.25, -0.2) is 0 Å². The molecule has 0 saturated heterocycles. The molecule has 27 heavy (non-hydrogen) atoms. The number of hydrogen-bond acceptors (Lipinski definition) is 2. The fourth-order valence-corrected chi connectivity index (χ4v) is 3.14. The Morgan fingerprint density at radius 2 is 1.70 bits per heavy atom. The Kier molecular flexibility index (Phi) is 7.59. The molecule has 0 aromatic heterocycles. The third-order valence-electron chi connectivity index (χ3n) is 4.91. The Labute approximate surface area is 162 Å². The fraction of sp³-hybridized carbons (Fsp3) is 0.391. The topological polar surface area (TPSA) is 49.4 Å². The van der Waals surface area contributed by atoms with Crippen LogP contribution in [0.4, 0.5) is 0 Å². The van der Waals surface area contributed by atoms with E-state index in [0.29, 0.717) is 19.4 Å². The number of nitrogens with zero attached hydrogens (tertiary/aromatic N) is 1. The first-order valence-electron chi connectivity index (χ1n) is 9.59. The van der Waals surface area contributed by atoms with E-state index in [0.717, 1.165) is 23.1 Å². The minimum atomic E-state index is -0.509. The van der Waals surface area contributed by atoms with E-state index >= 15 is 0 Å². The first kappa shape index (κ1) is 20.7. The van der Waals surface area contributed by atoms with E-state index in [-0.39, 0.29) is 11.8 Å². The lowest BCUT2D eigenvalue weighted by atomic mass is 10.0. The Morgan fingerprint density at radius 3 is 2.30 bits per heavy atom. The van der Waals surface area contributed by atoms with E-state index < -0.39 is 6.04 Å². The Balaban J connectivity index is 2.10. The summed E-state index contributed by atoms with van der Waals surface area (Å²) in [5.74, 6) is -0.157. The minimum Gasteiger partial charge on any atom is -0.357 e. The first-order valence-corrected chi connectivity index (χ1v) is 9.59. The Hall–Kier alpha value is -2.62. The predicted molar refractivity (Wildman–Crippen MR) is 109 cm³/mol. The van der Waals surface area contributed by atoms with Crippen LogP contribution in [0.3, 0.4) is 0 Å². The second kappa shape index (κ2) is 9.91. The van der Waals surface area contributed by atoms with Crippen LogP contribution in [0, 0.1) is 6.92 Å². The molecule has 2 amide bonds. The maximum absolute atomic E-state index is 12.9. The molecule has 0 spiro atoms. The molecule has 0 radical (unpaired) electrons. The van der Waals surface area contributed by atoms with Crippen LogP contribution in [0.2, 0.25) is 0 Å². The largest absolute Gasteiger partial charge is 0.357 e. The number of aryl methyl sites for hydroxylation is 3. The van der Waals surface area contributed by atoms with Gasteiger partial charge in [0.15, 0.2) is 0 Å². The van der Waals surface area contributed by atoms with Gasteiger partial charge in [0.1, 0.15) is 6.04 Å². The summed E-state index contributed by atoms with van der Waals surface area (Å²) in [7, 11) is 1.60. The molecule has 144 valence electrons. The van der Waals surface area contributed by atoms with Crippen molar-refractivity contribution >= 4 is 11.8 Å². The molecular formula is C23H30N2O2. The zero-order valence-corrected chi connectivity index (χ0v) is 16.8. The summed E-state index contributed by atoms with van der Waals surface area (Å²) in [6.45, 7) is 6.37. The van der Waals surface area contributed by atoms with Crippen LogP contribution >= 0.6 is 0 Å². The molecule has 0 aliphatic carbocycles. The quantitative estimate of drug-likeness (QED) is 0.775. The van der Waals surface area contributed by atoms with Gasteiger partial charge in [-0.3, -0.25) is 9.59 Å². The molecule has 0 bridgehead atoms. The summed E-state index contributed by atoms with van der Waals surface area (Å²) >= 11 is 0. The fourth-order valence-electron chi connectivity index (χ4n) is 3.14. The van der Waals surface area contributed by atoms with Crippen molar-refractivity contribution in [3.05, 3.63) is 70.8 Å². The SMILES string of the molecule is CCc1ccc(CCC(=O)N(Cc2cccc(C)c2)[C@@H](C)C(=O)NC)cc1. The standard InChI is InChI=1S/C23H30N2O2/c1-5-19-9-11-20(12-10-19)13-14-22(26)25(18(3)23(27)24-4)16-21-8-6-7-17(2)15-21/h6-12,15,18H,5,13-14,16H2,1-4H3,(H,24,27)/t18-/m0/s1. The summed E-state index contributed by atoms with van der Waals surface area (Å²) in [5, 5.41) is 2.65. The zero-order valence-electron chi connectivity index (χ0n) is 16.8. The van der Waals surface area contributed by atoms with Crippen molar-refractivity contribution in [3.63, 3.8) is 0 Å². The number of likely N-dealkylation sites (N-methyl/N-ethyl adjacent to an activating group) is 1. The molecule has 0 unspecified atom stereocenters. The minimum absolute atomic E-state index is 0.00725. The normalized spacial score (nSPS) is 11.7. The van der Waals surface area contributed by atoms with Crippen LogP contribution in [0.15, 0.2) is 48.5 Å². The average molecular weight is 367 g/mol. The Morgan fingerprint density at radius 1 is 1.04 bits per heavy atom. The van der Waals surface area contributed by atoms with Gasteiger partial charge in [-0.15, -0.1) is 0 Å². The van der Waals surface area contributed by atoms with Crippen molar-refractivity contribution in [2.45, 2.75) is 52.6 Å². The van der Waals surface area contributed by atoms with Gasteiger partial charge in [0, 0.05) is 20.0 Å². The van der Waals surface area contributed by atoms with Crippen LogP contribution in [0.1, 0.15) is 42.5 Å². The van der Waals surface area contributed by atoms with Crippen LogP contribution in [0.25, 0.3) is 0 Å². The number of hydrogen-bond donors (Lipinski definition) is 1. The number of nitrogens with one attached hydrogen (secondary N) is 1. The number of benzene rings is 2. The highest BCUT2D eigenvalue weighted by atomic mass is 16.2. The molecule has 2 rings (SSSR count). The highest BCUT2D eigenvalue weighted by Gasteiger charge is 2.25. The highest BCUT2D eigenvalue weighted by Crippen LogP contribution is 2.14. The van der Waals surface area contributed by atoms with Gasteiger partial charge in [0.05, 0.1) is 0 Å². The molecule has 2 aromatic carbocycles. The molecule has 2 aromatic rings. The third-order valence-corrected chi connectivity index (χ3v) is 4.91. The van der Waals surface area contributed by atoms with E-state index in [2.05, 4.69) is 42.6 Å². The molecule has 4 nitrogen and oxygen atoms in total. The van der Waals surface area contributed by atoms with Crippen molar-refractivity contribution in [3.8, 4) is 0 Å². The molecule has 1 N–H and O–H groups in total.